The molecule has 0 bridgehead atoms. The lowest BCUT2D eigenvalue weighted by Crippen LogP contribution is -2.06. The molecule has 0 aliphatic heterocycles. The van der Waals surface area contributed by atoms with Crippen molar-refractivity contribution in [3.63, 3.8) is 0 Å². The van der Waals surface area contributed by atoms with Crippen molar-refractivity contribution in [2.45, 2.75) is 20.0 Å². The largest absolute Gasteiger partial charge is 0.490 e. The minimum atomic E-state index is 0.0963. The van der Waals surface area contributed by atoms with Crippen molar-refractivity contribution >= 4 is 17.9 Å². The summed E-state index contributed by atoms with van der Waals surface area (Å²) in [5, 5.41) is 0.459. The Morgan fingerprint density at radius 3 is 2.58 bits per heavy atom. The van der Waals surface area contributed by atoms with Crippen molar-refractivity contribution in [1.82, 2.24) is 0 Å². The zero-order valence-corrected chi connectivity index (χ0v) is 11.6. The van der Waals surface area contributed by atoms with E-state index in [1.54, 1.807) is 12.1 Å². The number of halogens is 1. The fourth-order valence-corrected chi connectivity index (χ4v) is 2.03. The standard InChI is InChI=1S/C16H15ClO2/c1-11(2)19-16-6-4-3-5-14(16)12-7-8-15(17)13(9-12)10-18/h3-11H,1-2H3. The first-order valence-corrected chi connectivity index (χ1v) is 6.50. The van der Waals surface area contributed by atoms with Crippen LogP contribution in [0.25, 0.3) is 11.1 Å². The fourth-order valence-electron chi connectivity index (χ4n) is 1.86. The van der Waals surface area contributed by atoms with Crippen LogP contribution in [-0.2, 0) is 0 Å². The Morgan fingerprint density at radius 1 is 1.16 bits per heavy atom. The molecule has 0 aliphatic carbocycles. The van der Waals surface area contributed by atoms with Gasteiger partial charge in [-0.25, -0.2) is 0 Å². The van der Waals surface area contributed by atoms with Gasteiger partial charge in [-0.1, -0.05) is 35.9 Å². The van der Waals surface area contributed by atoms with Crippen LogP contribution in [0.2, 0.25) is 5.02 Å². The van der Waals surface area contributed by atoms with Crippen LogP contribution in [0.5, 0.6) is 5.75 Å². The Hall–Kier alpha value is -1.80. The fraction of sp³-hybridized carbons (Fsp3) is 0.188. The number of benzene rings is 2. The van der Waals surface area contributed by atoms with Gasteiger partial charge in [-0.2, -0.15) is 0 Å². The van der Waals surface area contributed by atoms with Crippen LogP contribution < -0.4 is 4.74 Å². The van der Waals surface area contributed by atoms with Gasteiger partial charge >= 0.3 is 0 Å². The minimum absolute atomic E-state index is 0.0963. The Kier molecular flexibility index (Phi) is 4.23. The third-order valence-electron chi connectivity index (χ3n) is 2.68. The van der Waals surface area contributed by atoms with Gasteiger partial charge in [0.25, 0.3) is 0 Å². The van der Waals surface area contributed by atoms with Gasteiger partial charge in [0.1, 0.15) is 5.75 Å². The van der Waals surface area contributed by atoms with Crippen molar-refractivity contribution in [3.05, 3.63) is 53.1 Å². The minimum Gasteiger partial charge on any atom is -0.490 e. The molecular formula is C16H15ClO2. The lowest BCUT2D eigenvalue weighted by Gasteiger charge is -2.14. The van der Waals surface area contributed by atoms with Crippen molar-refractivity contribution in [2.75, 3.05) is 0 Å². The average molecular weight is 275 g/mol. The molecule has 98 valence electrons. The molecule has 0 fully saturated rings. The van der Waals surface area contributed by atoms with Crippen LogP contribution in [-0.4, -0.2) is 12.4 Å². The normalized spacial score (nSPS) is 10.5. The summed E-state index contributed by atoms with van der Waals surface area (Å²) < 4.78 is 5.78. The Morgan fingerprint density at radius 2 is 1.89 bits per heavy atom. The molecule has 0 heterocycles. The van der Waals surface area contributed by atoms with Crippen molar-refractivity contribution < 1.29 is 9.53 Å². The van der Waals surface area contributed by atoms with Gasteiger partial charge in [0, 0.05) is 11.1 Å². The molecule has 0 aromatic heterocycles. The number of ether oxygens (including phenoxy) is 1. The lowest BCUT2D eigenvalue weighted by molar-refractivity contribution is 0.112. The van der Waals surface area contributed by atoms with E-state index >= 15 is 0 Å². The highest BCUT2D eigenvalue weighted by molar-refractivity contribution is 6.33. The molecule has 0 N–H and O–H groups in total. The molecule has 19 heavy (non-hydrogen) atoms. The van der Waals surface area contributed by atoms with Crippen LogP contribution in [0.3, 0.4) is 0 Å². The molecule has 2 aromatic rings. The molecule has 0 radical (unpaired) electrons. The lowest BCUT2D eigenvalue weighted by atomic mass is 10.0. The maximum Gasteiger partial charge on any atom is 0.151 e. The summed E-state index contributed by atoms with van der Waals surface area (Å²) in [6, 6.07) is 13.2. The Balaban J connectivity index is 2.49. The first-order chi connectivity index (χ1) is 9.11. The van der Waals surface area contributed by atoms with Gasteiger partial charge in [0.05, 0.1) is 11.1 Å². The van der Waals surface area contributed by atoms with E-state index in [0.29, 0.717) is 10.6 Å². The van der Waals surface area contributed by atoms with Crippen LogP contribution >= 0.6 is 11.6 Å². The highest BCUT2D eigenvalue weighted by Crippen LogP contribution is 2.32. The van der Waals surface area contributed by atoms with Gasteiger partial charge < -0.3 is 4.74 Å². The topological polar surface area (TPSA) is 26.3 Å². The molecule has 2 nitrogen and oxygen atoms in total. The summed E-state index contributed by atoms with van der Waals surface area (Å²) in [4.78, 5) is 11.0. The number of para-hydroxylation sites is 1. The molecule has 0 amide bonds. The maximum atomic E-state index is 11.0. The van der Waals surface area contributed by atoms with E-state index in [1.807, 2.05) is 44.2 Å². The van der Waals surface area contributed by atoms with E-state index in [1.165, 1.54) is 0 Å². The summed E-state index contributed by atoms with van der Waals surface area (Å²) in [7, 11) is 0. The molecule has 0 atom stereocenters. The van der Waals surface area contributed by atoms with E-state index in [0.717, 1.165) is 23.2 Å². The van der Waals surface area contributed by atoms with Crippen LogP contribution in [0.4, 0.5) is 0 Å². The molecule has 3 heteroatoms. The second kappa shape index (κ2) is 5.89. The van der Waals surface area contributed by atoms with Gasteiger partial charge in [0.2, 0.25) is 0 Å². The van der Waals surface area contributed by atoms with Crippen molar-refractivity contribution in [1.29, 1.82) is 0 Å². The summed E-state index contributed by atoms with van der Waals surface area (Å²) >= 11 is 5.95. The molecule has 0 unspecified atom stereocenters. The van der Waals surface area contributed by atoms with Crippen LogP contribution in [0, 0.1) is 0 Å². The summed E-state index contributed by atoms with van der Waals surface area (Å²) in [5.74, 6) is 0.802. The third kappa shape index (κ3) is 3.15. The van der Waals surface area contributed by atoms with Crippen LogP contribution in [0.1, 0.15) is 24.2 Å². The summed E-state index contributed by atoms with van der Waals surface area (Å²) in [5.41, 5.74) is 2.36. The Labute approximate surface area is 118 Å². The summed E-state index contributed by atoms with van der Waals surface area (Å²) in [6.45, 7) is 3.96. The van der Waals surface area contributed by atoms with Gasteiger partial charge in [-0.15, -0.1) is 0 Å². The van der Waals surface area contributed by atoms with E-state index < -0.39 is 0 Å². The van der Waals surface area contributed by atoms with Gasteiger partial charge in [-0.3, -0.25) is 4.79 Å². The second-order valence-electron chi connectivity index (χ2n) is 4.52. The number of carbonyl (C=O) groups excluding carboxylic acids is 1. The number of carbonyl (C=O) groups is 1. The Bertz CT molecular complexity index is 591. The first kappa shape index (κ1) is 13.6. The molecule has 2 aromatic carbocycles. The third-order valence-corrected chi connectivity index (χ3v) is 3.03. The zero-order valence-electron chi connectivity index (χ0n) is 10.9. The van der Waals surface area contributed by atoms with Gasteiger partial charge in [0.15, 0.2) is 6.29 Å². The molecular weight excluding hydrogens is 260 g/mol. The molecule has 0 aliphatic rings. The molecule has 0 saturated carbocycles. The second-order valence-corrected chi connectivity index (χ2v) is 4.92. The van der Waals surface area contributed by atoms with Crippen molar-refractivity contribution in [3.8, 4) is 16.9 Å². The smallest absolute Gasteiger partial charge is 0.151 e. The highest BCUT2D eigenvalue weighted by atomic mass is 35.5. The van der Waals surface area contributed by atoms with Crippen molar-refractivity contribution in [2.24, 2.45) is 0 Å². The SMILES string of the molecule is CC(C)Oc1ccccc1-c1ccc(Cl)c(C=O)c1. The number of hydrogen-bond donors (Lipinski definition) is 0. The predicted molar refractivity (Wildman–Crippen MR) is 78.0 cm³/mol. The van der Waals surface area contributed by atoms with E-state index in [4.69, 9.17) is 16.3 Å². The maximum absolute atomic E-state index is 11.0. The van der Waals surface area contributed by atoms with E-state index in [2.05, 4.69) is 0 Å². The number of rotatable bonds is 4. The highest BCUT2D eigenvalue weighted by Gasteiger charge is 2.09. The quantitative estimate of drug-likeness (QED) is 0.761. The zero-order chi connectivity index (χ0) is 13.8. The molecule has 0 saturated heterocycles. The van der Waals surface area contributed by atoms with E-state index in [-0.39, 0.29) is 6.10 Å². The monoisotopic (exact) mass is 274 g/mol. The average Bonchev–Trinajstić information content (AvgIpc) is 2.39. The summed E-state index contributed by atoms with van der Waals surface area (Å²) in [6.07, 6.45) is 0.858. The van der Waals surface area contributed by atoms with E-state index in [9.17, 15) is 4.79 Å². The number of hydrogen-bond acceptors (Lipinski definition) is 2. The molecule has 2 rings (SSSR count). The first-order valence-electron chi connectivity index (χ1n) is 6.12. The van der Waals surface area contributed by atoms with Gasteiger partial charge in [-0.05, 0) is 37.6 Å². The number of aldehydes is 1. The van der Waals surface area contributed by atoms with Crippen LogP contribution in [0.15, 0.2) is 42.5 Å². The molecule has 0 spiro atoms. The predicted octanol–water partition coefficient (Wildman–Crippen LogP) is 4.61.